The van der Waals surface area contributed by atoms with E-state index in [4.69, 9.17) is 4.74 Å². The average molecular weight is 310 g/mol. The fourth-order valence-corrected chi connectivity index (χ4v) is 2.18. The molecule has 0 aliphatic heterocycles. The van der Waals surface area contributed by atoms with E-state index in [1.165, 1.54) is 5.56 Å². The quantitative estimate of drug-likeness (QED) is 0.650. The zero-order valence-electron chi connectivity index (χ0n) is 13.8. The second-order valence-electron chi connectivity index (χ2n) is 5.40. The molecule has 120 valence electrons. The largest absolute Gasteiger partial charge is 0.493 e. The van der Waals surface area contributed by atoms with Crippen molar-refractivity contribution in [1.29, 1.82) is 0 Å². The highest BCUT2D eigenvalue weighted by Gasteiger charge is 2.10. The maximum atomic E-state index is 12.3. The molecule has 0 aliphatic carbocycles. The molecule has 0 saturated heterocycles. The van der Waals surface area contributed by atoms with Gasteiger partial charge >= 0.3 is 0 Å². The van der Waals surface area contributed by atoms with Crippen molar-refractivity contribution in [2.45, 2.75) is 27.2 Å². The number of carbonyl (C=O) groups excluding carboxylic acids is 1. The van der Waals surface area contributed by atoms with Crippen LogP contribution in [0.25, 0.3) is 0 Å². The molecule has 0 atom stereocenters. The van der Waals surface area contributed by atoms with Gasteiger partial charge in [0.2, 0.25) is 0 Å². The van der Waals surface area contributed by atoms with Crippen LogP contribution >= 0.6 is 0 Å². The highest BCUT2D eigenvalue weighted by molar-refractivity contribution is 5.97. The second kappa shape index (κ2) is 8.13. The molecule has 0 radical (unpaired) electrons. The fourth-order valence-electron chi connectivity index (χ4n) is 2.18. The summed E-state index contributed by atoms with van der Waals surface area (Å²) < 4.78 is 5.59. The number of nitrogens with zero attached hydrogens (tertiary/aromatic N) is 1. The van der Waals surface area contributed by atoms with Crippen molar-refractivity contribution in [2.75, 3.05) is 6.61 Å². The lowest BCUT2D eigenvalue weighted by Crippen LogP contribution is -2.19. The molecule has 2 aromatic carbocycles. The number of hydrazone groups is 1. The summed E-state index contributed by atoms with van der Waals surface area (Å²) in [7, 11) is 0. The van der Waals surface area contributed by atoms with E-state index in [2.05, 4.69) is 16.6 Å². The number of para-hydroxylation sites is 1. The Kier molecular flexibility index (Phi) is 5.92. The van der Waals surface area contributed by atoms with Gasteiger partial charge in [0, 0.05) is 0 Å². The van der Waals surface area contributed by atoms with E-state index < -0.39 is 0 Å². The third kappa shape index (κ3) is 4.68. The van der Waals surface area contributed by atoms with E-state index in [0.717, 1.165) is 17.5 Å². The second-order valence-corrected chi connectivity index (χ2v) is 5.40. The lowest BCUT2D eigenvalue weighted by atomic mass is 10.1. The Hall–Kier alpha value is -2.62. The van der Waals surface area contributed by atoms with E-state index in [-0.39, 0.29) is 5.91 Å². The number of amides is 1. The topological polar surface area (TPSA) is 50.7 Å². The number of rotatable bonds is 6. The van der Waals surface area contributed by atoms with Gasteiger partial charge in [-0.2, -0.15) is 5.10 Å². The smallest absolute Gasteiger partial charge is 0.275 e. The molecule has 4 nitrogen and oxygen atoms in total. The molecule has 0 aromatic heterocycles. The van der Waals surface area contributed by atoms with Gasteiger partial charge in [0.1, 0.15) is 5.75 Å². The minimum absolute atomic E-state index is 0.280. The molecule has 23 heavy (non-hydrogen) atoms. The Balaban J connectivity index is 2.06. The first-order valence-corrected chi connectivity index (χ1v) is 7.74. The molecule has 2 aromatic rings. The fraction of sp³-hybridized carbons (Fsp3) is 0.263. The first-order chi connectivity index (χ1) is 11.1. The maximum Gasteiger partial charge on any atom is 0.275 e. The third-order valence-electron chi connectivity index (χ3n) is 3.39. The number of benzene rings is 2. The van der Waals surface area contributed by atoms with Gasteiger partial charge in [0.25, 0.3) is 5.91 Å². The summed E-state index contributed by atoms with van der Waals surface area (Å²) in [6.07, 6.45) is 2.54. The summed E-state index contributed by atoms with van der Waals surface area (Å²) in [5.41, 5.74) is 6.34. The maximum absolute atomic E-state index is 12.3. The summed E-state index contributed by atoms with van der Waals surface area (Å²) in [5.74, 6) is 0.297. The Bertz CT molecular complexity index is 708. The Labute approximate surface area is 137 Å². The lowest BCUT2D eigenvalue weighted by molar-refractivity contribution is 0.0951. The van der Waals surface area contributed by atoms with Crippen molar-refractivity contribution in [1.82, 2.24) is 5.43 Å². The Morgan fingerprint density at radius 3 is 2.74 bits per heavy atom. The SMILES string of the molecule is CCCOc1ccccc1C(=O)NN=Cc1ccc(C)cc1C. The van der Waals surface area contributed by atoms with E-state index in [1.54, 1.807) is 18.3 Å². The number of ether oxygens (including phenoxy) is 1. The molecule has 0 unspecified atom stereocenters. The predicted molar refractivity (Wildman–Crippen MR) is 93.2 cm³/mol. The van der Waals surface area contributed by atoms with Crippen molar-refractivity contribution < 1.29 is 9.53 Å². The molecule has 1 N–H and O–H groups in total. The Morgan fingerprint density at radius 1 is 1.22 bits per heavy atom. The van der Waals surface area contributed by atoms with Crippen LogP contribution in [0.2, 0.25) is 0 Å². The average Bonchev–Trinajstić information content (AvgIpc) is 2.55. The van der Waals surface area contributed by atoms with Gasteiger partial charge in [0.05, 0.1) is 18.4 Å². The van der Waals surface area contributed by atoms with E-state index in [1.807, 2.05) is 45.0 Å². The van der Waals surface area contributed by atoms with Crippen LogP contribution in [0.3, 0.4) is 0 Å². The first-order valence-electron chi connectivity index (χ1n) is 7.74. The van der Waals surface area contributed by atoms with Crippen LogP contribution in [0.1, 0.15) is 40.4 Å². The highest BCUT2D eigenvalue weighted by Crippen LogP contribution is 2.18. The van der Waals surface area contributed by atoms with Crippen LogP contribution in [0.5, 0.6) is 5.75 Å². The zero-order valence-corrected chi connectivity index (χ0v) is 13.8. The molecule has 0 heterocycles. The van der Waals surface area contributed by atoms with Gasteiger partial charge in [-0.05, 0) is 43.5 Å². The van der Waals surface area contributed by atoms with Crippen LogP contribution < -0.4 is 10.2 Å². The molecule has 0 spiro atoms. The van der Waals surface area contributed by atoms with Crippen LogP contribution in [0, 0.1) is 13.8 Å². The third-order valence-corrected chi connectivity index (χ3v) is 3.39. The summed E-state index contributed by atoms with van der Waals surface area (Å²) in [4.78, 5) is 12.3. The van der Waals surface area contributed by atoms with Gasteiger partial charge in [-0.15, -0.1) is 0 Å². The minimum Gasteiger partial charge on any atom is -0.493 e. The molecule has 0 fully saturated rings. The molecular formula is C19H22N2O2. The van der Waals surface area contributed by atoms with Crippen LogP contribution in [0.4, 0.5) is 0 Å². The van der Waals surface area contributed by atoms with Crippen molar-refractivity contribution >= 4 is 12.1 Å². The monoisotopic (exact) mass is 310 g/mol. The highest BCUT2D eigenvalue weighted by atomic mass is 16.5. The van der Waals surface area contributed by atoms with Crippen LogP contribution in [-0.2, 0) is 0 Å². The van der Waals surface area contributed by atoms with Gasteiger partial charge in [0.15, 0.2) is 0 Å². The summed E-state index contributed by atoms with van der Waals surface area (Å²) >= 11 is 0. The summed E-state index contributed by atoms with van der Waals surface area (Å²) in [6, 6.07) is 13.3. The molecule has 0 aliphatic rings. The predicted octanol–water partition coefficient (Wildman–Crippen LogP) is 3.86. The number of nitrogens with one attached hydrogen (secondary N) is 1. The molecule has 2 rings (SSSR count). The van der Waals surface area contributed by atoms with Gasteiger partial charge in [-0.1, -0.05) is 42.8 Å². The summed E-state index contributed by atoms with van der Waals surface area (Å²) in [5, 5.41) is 4.05. The van der Waals surface area contributed by atoms with Crippen molar-refractivity contribution in [3.8, 4) is 5.75 Å². The lowest BCUT2D eigenvalue weighted by Gasteiger charge is -2.09. The number of aryl methyl sites for hydroxylation is 2. The number of carbonyl (C=O) groups is 1. The standard InChI is InChI=1S/C19H22N2O2/c1-4-11-23-18-8-6-5-7-17(18)19(22)21-20-13-16-10-9-14(2)12-15(16)3/h5-10,12-13H,4,11H2,1-3H3,(H,21,22). The van der Waals surface area contributed by atoms with Crippen molar-refractivity contribution in [2.24, 2.45) is 5.10 Å². The number of hydrogen-bond acceptors (Lipinski definition) is 3. The first kappa shape index (κ1) is 16.7. The molecular weight excluding hydrogens is 288 g/mol. The minimum atomic E-state index is -0.280. The van der Waals surface area contributed by atoms with Crippen LogP contribution in [0.15, 0.2) is 47.6 Å². The summed E-state index contributed by atoms with van der Waals surface area (Å²) in [6.45, 7) is 6.67. The van der Waals surface area contributed by atoms with E-state index in [9.17, 15) is 4.79 Å². The molecule has 1 amide bonds. The zero-order chi connectivity index (χ0) is 16.7. The normalized spacial score (nSPS) is 10.7. The van der Waals surface area contributed by atoms with Crippen molar-refractivity contribution in [3.63, 3.8) is 0 Å². The van der Waals surface area contributed by atoms with Gasteiger partial charge in [-0.3, -0.25) is 4.79 Å². The van der Waals surface area contributed by atoms with Gasteiger partial charge < -0.3 is 4.74 Å². The van der Waals surface area contributed by atoms with Gasteiger partial charge in [-0.25, -0.2) is 5.43 Å². The Morgan fingerprint density at radius 2 is 2.00 bits per heavy atom. The van der Waals surface area contributed by atoms with E-state index in [0.29, 0.717) is 17.9 Å². The molecule has 0 bridgehead atoms. The van der Waals surface area contributed by atoms with Crippen molar-refractivity contribution in [3.05, 3.63) is 64.7 Å². The molecule has 4 heteroatoms. The number of hydrogen-bond donors (Lipinski definition) is 1. The molecule has 0 saturated carbocycles. The van der Waals surface area contributed by atoms with Crippen LogP contribution in [-0.4, -0.2) is 18.7 Å². The van der Waals surface area contributed by atoms with E-state index >= 15 is 0 Å².